The van der Waals surface area contributed by atoms with Crippen molar-refractivity contribution < 1.29 is 27.4 Å². The fourth-order valence-corrected chi connectivity index (χ4v) is 4.56. The first kappa shape index (κ1) is 23.4. The molecule has 0 radical (unpaired) electrons. The SMILES string of the molecule is COc1cccc(OCC(=O)N(c2ccc(OC)c(Cl)c2)S(=O)(=O)c2ccc(C)cc2)c1. The molecule has 32 heavy (non-hydrogen) atoms. The normalized spacial score (nSPS) is 11.0. The number of carbonyl (C=O) groups excluding carboxylic acids is 1. The molecule has 3 aromatic carbocycles. The number of aryl methyl sites for hydroxylation is 1. The van der Waals surface area contributed by atoms with Crippen LogP contribution in [-0.4, -0.2) is 35.2 Å². The van der Waals surface area contributed by atoms with Crippen LogP contribution in [0, 0.1) is 6.92 Å². The summed E-state index contributed by atoms with van der Waals surface area (Å²) < 4.78 is 43.3. The highest BCUT2D eigenvalue weighted by molar-refractivity contribution is 7.93. The van der Waals surface area contributed by atoms with Gasteiger partial charge in [-0.1, -0.05) is 35.4 Å². The number of anilines is 1. The topological polar surface area (TPSA) is 82.1 Å². The standard InChI is InChI=1S/C23H22ClNO6S/c1-16-7-10-20(11-8-16)32(27,28)25(17-9-12-22(30-3)21(24)13-17)23(26)15-31-19-6-4-5-18(14-19)29-2/h4-14H,15H2,1-3H3. The fourth-order valence-electron chi connectivity index (χ4n) is 2.91. The van der Waals surface area contributed by atoms with E-state index in [0.717, 1.165) is 5.56 Å². The Morgan fingerprint density at radius 2 is 1.62 bits per heavy atom. The molecule has 0 heterocycles. The van der Waals surface area contributed by atoms with Crippen molar-refractivity contribution in [1.29, 1.82) is 0 Å². The van der Waals surface area contributed by atoms with E-state index < -0.39 is 22.5 Å². The van der Waals surface area contributed by atoms with Crippen molar-refractivity contribution in [3.8, 4) is 17.2 Å². The van der Waals surface area contributed by atoms with Gasteiger partial charge in [-0.2, -0.15) is 4.31 Å². The molecule has 0 saturated heterocycles. The Hall–Kier alpha value is -3.23. The lowest BCUT2D eigenvalue weighted by Gasteiger charge is -2.23. The zero-order valence-electron chi connectivity index (χ0n) is 17.7. The predicted molar refractivity (Wildman–Crippen MR) is 122 cm³/mol. The summed E-state index contributed by atoms with van der Waals surface area (Å²) in [7, 11) is -1.30. The average Bonchev–Trinajstić information content (AvgIpc) is 2.78. The van der Waals surface area contributed by atoms with Gasteiger partial charge in [0.15, 0.2) is 6.61 Å². The van der Waals surface area contributed by atoms with Crippen LogP contribution in [0.15, 0.2) is 71.6 Å². The highest BCUT2D eigenvalue weighted by Gasteiger charge is 2.32. The molecule has 168 valence electrons. The van der Waals surface area contributed by atoms with Gasteiger partial charge in [0, 0.05) is 6.07 Å². The van der Waals surface area contributed by atoms with E-state index >= 15 is 0 Å². The van der Waals surface area contributed by atoms with Crippen molar-refractivity contribution in [3.05, 3.63) is 77.3 Å². The number of halogens is 1. The first-order valence-electron chi connectivity index (χ1n) is 9.51. The predicted octanol–water partition coefficient (Wildman–Crippen LogP) is 4.47. The number of carbonyl (C=O) groups is 1. The van der Waals surface area contributed by atoms with Gasteiger partial charge in [-0.15, -0.1) is 0 Å². The van der Waals surface area contributed by atoms with E-state index in [0.29, 0.717) is 21.6 Å². The summed E-state index contributed by atoms with van der Waals surface area (Å²) in [5.41, 5.74) is 0.950. The Balaban J connectivity index is 1.98. The molecule has 0 aliphatic heterocycles. The van der Waals surface area contributed by atoms with Crippen LogP contribution >= 0.6 is 11.6 Å². The summed E-state index contributed by atoms with van der Waals surface area (Å²) in [4.78, 5) is 13.1. The molecular formula is C23H22ClNO6S. The van der Waals surface area contributed by atoms with Gasteiger partial charge < -0.3 is 14.2 Å². The third-order valence-corrected chi connectivity index (χ3v) is 6.62. The van der Waals surface area contributed by atoms with E-state index in [-0.39, 0.29) is 15.6 Å². The molecule has 3 rings (SSSR count). The Morgan fingerprint density at radius 1 is 0.938 bits per heavy atom. The maximum absolute atomic E-state index is 13.4. The van der Waals surface area contributed by atoms with Crippen LogP contribution in [0.25, 0.3) is 0 Å². The van der Waals surface area contributed by atoms with Crippen LogP contribution in [0.4, 0.5) is 5.69 Å². The molecule has 0 fully saturated rings. The molecule has 7 nitrogen and oxygen atoms in total. The van der Waals surface area contributed by atoms with E-state index in [1.54, 1.807) is 36.4 Å². The Bertz CT molecular complexity index is 1210. The molecule has 0 bridgehead atoms. The number of hydrogen-bond donors (Lipinski definition) is 0. The van der Waals surface area contributed by atoms with Gasteiger partial charge in [-0.05, 0) is 49.4 Å². The first-order chi connectivity index (χ1) is 15.3. The number of sulfonamides is 1. The second kappa shape index (κ2) is 9.93. The van der Waals surface area contributed by atoms with Crippen molar-refractivity contribution in [2.24, 2.45) is 0 Å². The number of amides is 1. The van der Waals surface area contributed by atoms with Crippen LogP contribution in [-0.2, 0) is 14.8 Å². The molecule has 0 saturated carbocycles. The van der Waals surface area contributed by atoms with Gasteiger partial charge >= 0.3 is 0 Å². The molecule has 0 atom stereocenters. The Morgan fingerprint density at radius 3 is 2.25 bits per heavy atom. The number of benzene rings is 3. The molecule has 1 amide bonds. The van der Waals surface area contributed by atoms with Crippen LogP contribution < -0.4 is 18.5 Å². The lowest BCUT2D eigenvalue weighted by atomic mass is 10.2. The molecule has 0 aromatic heterocycles. The summed E-state index contributed by atoms with van der Waals surface area (Å²) in [5, 5.41) is 0.163. The summed E-state index contributed by atoms with van der Waals surface area (Å²) in [5.74, 6) is 0.456. The van der Waals surface area contributed by atoms with Gasteiger partial charge in [-0.25, -0.2) is 8.42 Å². The highest BCUT2D eigenvalue weighted by atomic mass is 35.5. The maximum Gasteiger partial charge on any atom is 0.278 e. The summed E-state index contributed by atoms with van der Waals surface area (Å²) in [6.07, 6.45) is 0. The van der Waals surface area contributed by atoms with Crippen molar-refractivity contribution >= 4 is 33.2 Å². The maximum atomic E-state index is 13.4. The molecular weight excluding hydrogens is 454 g/mol. The van der Waals surface area contributed by atoms with E-state index in [9.17, 15) is 13.2 Å². The molecule has 0 spiro atoms. The second-order valence-electron chi connectivity index (χ2n) is 6.76. The summed E-state index contributed by atoms with van der Waals surface area (Å²) in [6.45, 7) is 1.31. The summed E-state index contributed by atoms with van der Waals surface area (Å²) in [6, 6.07) is 17.1. The molecule has 0 aliphatic rings. The Labute approximate surface area is 192 Å². The van der Waals surface area contributed by atoms with Crippen molar-refractivity contribution in [3.63, 3.8) is 0 Å². The van der Waals surface area contributed by atoms with E-state index in [2.05, 4.69) is 0 Å². The molecule has 0 unspecified atom stereocenters. The smallest absolute Gasteiger partial charge is 0.278 e. The molecule has 0 N–H and O–H groups in total. The number of methoxy groups -OCH3 is 2. The van der Waals surface area contributed by atoms with Crippen LogP contribution in [0.3, 0.4) is 0 Å². The van der Waals surface area contributed by atoms with Gasteiger partial charge in [-0.3, -0.25) is 4.79 Å². The highest BCUT2D eigenvalue weighted by Crippen LogP contribution is 2.32. The third kappa shape index (κ3) is 5.15. The first-order valence-corrected chi connectivity index (χ1v) is 11.3. The minimum Gasteiger partial charge on any atom is -0.497 e. The monoisotopic (exact) mass is 475 g/mol. The lowest BCUT2D eigenvalue weighted by molar-refractivity contribution is -0.119. The quantitative estimate of drug-likeness (QED) is 0.478. The van der Waals surface area contributed by atoms with Crippen molar-refractivity contribution in [2.75, 3.05) is 25.1 Å². The number of hydrogen-bond acceptors (Lipinski definition) is 6. The van der Waals surface area contributed by atoms with E-state index in [1.807, 2.05) is 6.92 Å². The van der Waals surface area contributed by atoms with Gasteiger partial charge in [0.25, 0.3) is 15.9 Å². The van der Waals surface area contributed by atoms with Gasteiger partial charge in [0.1, 0.15) is 17.2 Å². The van der Waals surface area contributed by atoms with E-state index in [1.165, 1.54) is 44.6 Å². The number of ether oxygens (including phenoxy) is 3. The molecule has 0 aliphatic carbocycles. The molecule has 3 aromatic rings. The minimum atomic E-state index is -4.24. The average molecular weight is 476 g/mol. The van der Waals surface area contributed by atoms with Crippen LogP contribution in [0.5, 0.6) is 17.2 Å². The zero-order chi connectivity index (χ0) is 23.3. The van der Waals surface area contributed by atoms with Crippen LogP contribution in [0.1, 0.15) is 5.56 Å². The lowest BCUT2D eigenvalue weighted by Crippen LogP contribution is -2.40. The number of nitrogens with zero attached hydrogens (tertiary/aromatic N) is 1. The largest absolute Gasteiger partial charge is 0.497 e. The zero-order valence-corrected chi connectivity index (χ0v) is 19.3. The van der Waals surface area contributed by atoms with Crippen molar-refractivity contribution in [1.82, 2.24) is 0 Å². The summed E-state index contributed by atoms with van der Waals surface area (Å²) >= 11 is 6.20. The Kier molecular flexibility index (Phi) is 7.27. The van der Waals surface area contributed by atoms with Crippen LogP contribution in [0.2, 0.25) is 5.02 Å². The number of rotatable bonds is 8. The fraction of sp³-hybridized carbons (Fsp3) is 0.174. The van der Waals surface area contributed by atoms with Gasteiger partial charge in [0.05, 0.1) is 29.8 Å². The molecule has 9 heteroatoms. The van der Waals surface area contributed by atoms with Crippen molar-refractivity contribution in [2.45, 2.75) is 11.8 Å². The second-order valence-corrected chi connectivity index (χ2v) is 8.96. The van der Waals surface area contributed by atoms with E-state index in [4.69, 9.17) is 25.8 Å². The minimum absolute atomic E-state index is 0.0372. The van der Waals surface area contributed by atoms with Gasteiger partial charge in [0.2, 0.25) is 0 Å². The third-order valence-electron chi connectivity index (χ3n) is 4.56.